The van der Waals surface area contributed by atoms with Crippen LogP contribution in [0.2, 0.25) is 10.0 Å². The highest BCUT2D eigenvalue weighted by molar-refractivity contribution is 7.92. The van der Waals surface area contributed by atoms with Gasteiger partial charge >= 0.3 is 0 Å². The molecule has 0 aromatic heterocycles. The molecule has 0 heterocycles. The van der Waals surface area contributed by atoms with Crippen molar-refractivity contribution in [1.82, 2.24) is 10.2 Å². The van der Waals surface area contributed by atoms with Crippen LogP contribution in [0.4, 0.5) is 5.69 Å². The molecule has 2 amide bonds. The Kier molecular flexibility index (Phi) is 11.0. The maximum absolute atomic E-state index is 14.5. The van der Waals surface area contributed by atoms with Gasteiger partial charge in [0.05, 0.1) is 10.6 Å². The van der Waals surface area contributed by atoms with Crippen molar-refractivity contribution < 1.29 is 18.0 Å². The van der Waals surface area contributed by atoms with E-state index < -0.39 is 34.1 Å². The minimum absolute atomic E-state index is 0.0452. The predicted octanol–water partition coefficient (Wildman–Crippen LogP) is 7.05. The fourth-order valence-corrected chi connectivity index (χ4v) is 6.62. The van der Waals surface area contributed by atoms with Crippen molar-refractivity contribution in [2.75, 3.05) is 10.8 Å². The zero-order chi connectivity index (χ0) is 32.8. The van der Waals surface area contributed by atoms with Crippen molar-refractivity contribution in [2.45, 2.75) is 57.1 Å². The summed E-state index contributed by atoms with van der Waals surface area (Å²) in [6.07, 6.45) is 0.224. The molecule has 0 unspecified atom stereocenters. The second-order valence-corrected chi connectivity index (χ2v) is 14.6. The van der Waals surface area contributed by atoms with E-state index in [1.54, 1.807) is 18.2 Å². The first-order valence-corrected chi connectivity index (χ1v) is 16.7. The topological polar surface area (TPSA) is 86.8 Å². The van der Waals surface area contributed by atoms with Gasteiger partial charge in [-0.15, -0.1) is 0 Å². The molecule has 0 spiro atoms. The van der Waals surface area contributed by atoms with Crippen LogP contribution in [-0.2, 0) is 32.6 Å². The smallest absolute Gasteiger partial charge is 0.264 e. The number of halogens is 2. The van der Waals surface area contributed by atoms with E-state index in [0.717, 1.165) is 21.0 Å². The number of aryl methyl sites for hydroxylation is 1. The first-order valence-electron chi connectivity index (χ1n) is 14.5. The standard InChI is InChI=1S/C35H37Cl2N3O4S/c1-25-10-8-13-27(20-25)23-39(32(34(42)38-35(2,3)4)21-26-11-6-5-7-12-26)33(41)24-40(30-15-9-14-29(37)22-30)45(43,44)31-18-16-28(36)17-19-31/h5-20,22,32H,21,23-24H2,1-4H3,(H,38,42)/t32-/m0/s1. The van der Waals surface area contributed by atoms with Crippen LogP contribution in [0.3, 0.4) is 0 Å². The van der Waals surface area contributed by atoms with Crippen LogP contribution in [0.1, 0.15) is 37.5 Å². The van der Waals surface area contributed by atoms with Gasteiger partial charge < -0.3 is 10.2 Å². The Hall–Kier alpha value is -3.85. The monoisotopic (exact) mass is 665 g/mol. The largest absolute Gasteiger partial charge is 0.350 e. The Balaban J connectivity index is 1.82. The maximum Gasteiger partial charge on any atom is 0.264 e. The molecule has 0 radical (unpaired) electrons. The normalized spacial score (nSPS) is 12.3. The Labute approximate surface area is 275 Å². The molecule has 4 aromatic rings. The number of hydrogen-bond donors (Lipinski definition) is 1. The van der Waals surface area contributed by atoms with E-state index in [9.17, 15) is 18.0 Å². The van der Waals surface area contributed by atoms with Crippen LogP contribution in [0.5, 0.6) is 0 Å². The van der Waals surface area contributed by atoms with Gasteiger partial charge in [0.25, 0.3) is 10.0 Å². The van der Waals surface area contributed by atoms with Crippen molar-refractivity contribution >= 4 is 50.7 Å². The van der Waals surface area contributed by atoms with Crippen LogP contribution in [0.25, 0.3) is 0 Å². The number of carbonyl (C=O) groups excluding carboxylic acids is 2. The summed E-state index contributed by atoms with van der Waals surface area (Å²) in [5.41, 5.74) is 2.29. The molecule has 0 aliphatic carbocycles. The number of hydrogen-bond acceptors (Lipinski definition) is 4. The first-order chi connectivity index (χ1) is 21.2. The summed E-state index contributed by atoms with van der Waals surface area (Å²) >= 11 is 12.3. The number of carbonyl (C=O) groups is 2. The highest BCUT2D eigenvalue weighted by Crippen LogP contribution is 2.28. The molecule has 0 fully saturated rings. The summed E-state index contributed by atoms with van der Waals surface area (Å²) in [7, 11) is -4.26. The van der Waals surface area contributed by atoms with E-state index in [2.05, 4.69) is 5.32 Å². The highest BCUT2D eigenvalue weighted by Gasteiger charge is 2.35. The van der Waals surface area contributed by atoms with Gasteiger partial charge in [-0.2, -0.15) is 0 Å². The number of anilines is 1. The highest BCUT2D eigenvalue weighted by atomic mass is 35.5. The van der Waals surface area contributed by atoms with Gasteiger partial charge in [0.15, 0.2) is 0 Å². The average molecular weight is 667 g/mol. The van der Waals surface area contributed by atoms with E-state index >= 15 is 0 Å². The molecule has 0 aliphatic heterocycles. The molecule has 0 bridgehead atoms. The third-order valence-electron chi connectivity index (χ3n) is 6.98. The summed E-state index contributed by atoms with van der Waals surface area (Å²) in [6, 6.07) is 28.2. The zero-order valence-electron chi connectivity index (χ0n) is 25.7. The number of rotatable bonds is 11. The number of nitrogens with one attached hydrogen (secondary N) is 1. The molecular weight excluding hydrogens is 629 g/mol. The van der Waals surface area contributed by atoms with Gasteiger partial charge in [-0.3, -0.25) is 13.9 Å². The van der Waals surface area contributed by atoms with Gasteiger partial charge in [-0.25, -0.2) is 8.42 Å². The average Bonchev–Trinajstić information content (AvgIpc) is 2.97. The van der Waals surface area contributed by atoms with Crippen LogP contribution in [-0.4, -0.2) is 43.3 Å². The third-order valence-corrected chi connectivity index (χ3v) is 9.26. The van der Waals surface area contributed by atoms with Crippen molar-refractivity contribution in [3.8, 4) is 0 Å². The Morgan fingerprint density at radius 1 is 0.800 bits per heavy atom. The predicted molar refractivity (Wildman–Crippen MR) is 181 cm³/mol. The summed E-state index contributed by atoms with van der Waals surface area (Å²) in [5.74, 6) is -0.902. The lowest BCUT2D eigenvalue weighted by Gasteiger charge is -2.35. The molecule has 4 rings (SSSR count). The summed E-state index contributed by atoms with van der Waals surface area (Å²) in [6.45, 7) is 7.07. The zero-order valence-corrected chi connectivity index (χ0v) is 28.0. The first kappa shape index (κ1) is 34.0. The Bertz CT molecular complexity index is 1740. The van der Waals surface area contributed by atoms with Crippen molar-refractivity contribution in [1.29, 1.82) is 0 Å². The molecule has 4 aromatic carbocycles. The molecule has 45 heavy (non-hydrogen) atoms. The van der Waals surface area contributed by atoms with Crippen molar-refractivity contribution in [2.24, 2.45) is 0 Å². The van der Waals surface area contributed by atoms with E-state index in [-0.39, 0.29) is 29.5 Å². The number of benzene rings is 4. The summed E-state index contributed by atoms with van der Waals surface area (Å²) in [5, 5.41) is 3.71. The fraction of sp³-hybridized carbons (Fsp3) is 0.257. The molecule has 1 N–H and O–H groups in total. The molecular formula is C35H37Cl2N3O4S. The second-order valence-electron chi connectivity index (χ2n) is 11.9. The number of amides is 2. The minimum Gasteiger partial charge on any atom is -0.350 e. The van der Waals surface area contributed by atoms with Crippen molar-refractivity contribution in [3.05, 3.63) is 130 Å². The van der Waals surface area contributed by atoms with E-state index in [0.29, 0.717) is 10.0 Å². The molecule has 236 valence electrons. The van der Waals surface area contributed by atoms with E-state index in [1.165, 1.54) is 35.2 Å². The molecule has 0 aliphatic rings. The molecule has 10 heteroatoms. The van der Waals surface area contributed by atoms with E-state index in [1.807, 2.05) is 82.3 Å². The maximum atomic E-state index is 14.5. The van der Waals surface area contributed by atoms with Gasteiger partial charge in [-0.1, -0.05) is 89.4 Å². The summed E-state index contributed by atoms with van der Waals surface area (Å²) in [4.78, 5) is 29.9. The molecule has 1 atom stereocenters. The molecule has 0 saturated carbocycles. The third kappa shape index (κ3) is 9.33. The number of sulfonamides is 1. The van der Waals surface area contributed by atoms with Crippen LogP contribution < -0.4 is 9.62 Å². The van der Waals surface area contributed by atoms with Gasteiger partial charge in [-0.05, 0) is 81.3 Å². The van der Waals surface area contributed by atoms with Gasteiger partial charge in [0, 0.05) is 28.5 Å². The van der Waals surface area contributed by atoms with E-state index in [4.69, 9.17) is 23.2 Å². The fourth-order valence-electron chi connectivity index (χ4n) is 4.91. The molecule has 0 saturated heterocycles. The van der Waals surface area contributed by atoms with Crippen LogP contribution >= 0.6 is 23.2 Å². The van der Waals surface area contributed by atoms with Crippen molar-refractivity contribution in [3.63, 3.8) is 0 Å². The van der Waals surface area contributed by atoms with Gasteiger partial charge in [0.1, 0.15) is 12.6 Å². The SMILES string of the molecule is Cc1cccc(CN(C(=O)CN(c2cccc(Cl)c2)S(=O)(=O)c2ccc(Cl)cc2)[C@@H](Cc2ccccc2)C(=O)NC(C)(C)C)c1. The molecule has 7 nitrogen and oxygen atoms in total. The van der Waals surface area contributed by atoms with Gasteiger partial charge in [0.2, 0.25) is 11.8 Å². The van der Waals surface area contributed by atoms with Crippen LogP contribution in [0.15, 0.2) is 108 Å². The Morgan fingerprint density at radius 3 is 2.07 bits per heavy atom. The second kappa shape index (κ2) is 14.5. The lowest BCUT2D eigenvalue weighted by Crippen LogP contribution is -2.56. The lowest BCUT2D eigenvalue weighted by molar-refractivity contribution is -0.140. The summed E-state index contributed by atoms with van der Waals surface area (Å²) < 4.78 is 29.2. The minimum atomic E-state index is -4.26. The van der Waals surface area contributed by atoms with Crippen LogP contribution in [0, 0.1) is 6.92 Å². The lowest BCUT2D eigenvalue weighted by atomic mass is 10.0. The Morgan fingerprint density at radius 2 is 1.44 bits per heavy atom. The number of nitrogens with zero attached hydrogens (tertiary/aromatic N) is 2. The quantitative estimate of drug-likeness (QED) is 0.186.